The molecular formula is C24H29P. The zero-order chi connectivity index (χ0) is 17.8. The van der Waals surface area contributed by atoms with Crippen LogP contribution in [0.2, 0.25) is 0 Å². The van der Waals surface area contributed by atoms with Gasteiger partial charge in [0.05, 0.1) is 0 Å². The van der Waals surface area contributed by atoms with E-state index in [1.807, 2.05) is 0 Å². The molecule has 25 heavy (non-hydrogen) atoms. The van der Waals surface area contributed by atoms with Crippen molar-refractivity contribution < 1.29 is 0 Å². The first-order valence-corrected chi connectivity index (χ1v) is 12.0. The van der Waals surface area contributed by atoms with Crippen LogP contribution in [0, 0.1) is 0 Å². The van der Waals surface area contributed by atoms with Gasteiger partial charge < -0.3 is 0 Å². The fourth-order valence-electron chi connectivity index (χ4n) is 4.63. The van der Waals surface area contributed by atoms with Crippen LogP contribution in [0.15, 0.2) is 84.9 Å². The summed E-state index contributed by atoms with van der Waals surface area (Å²) in [5.41, 5.74) is 1.50. The molecule has 0 atom stereocenters. The topological polar surface area (TPSA) is 0 Å². The average molecular weight is 348 g/mol. The standard InChI is InChI=1S/C24H29P/c1-4-21-15-13-14-20-24(21)25(5-2,6-3,22-16-9-7-10-17-22)23-18-11-8-12-19-23/h7-20H,4-6H2,1-3H3. The Morgan fingerprint density at radius 2 is 1.00 bits per heavy atom. The number of rotatable bonds is 6. The molecule has 0 unspecified atom stereocenters. The van der Waals surface area contributed by atoms with Crippen molar-refractivity contribution in [2.45, 2.75) is 27.2 Å². The van der Waals surface area contributed by atoms with E-state index in [4.69, 9.17) is 0 Å². The predicted molar refractivity (Wildman–Crippen MR) is 116 cm³/mol. The molecule has 0 aliphatic carbocycles. The van der Waals surface area contributed by atoms with Gasteiger partial charge in [0, 0.05) is 0 Å². The Morgan fingerprint density at radius 3 is 1.44 bits per heavy atom. The number of hydrogen-bond donors (Lipinski definition) is 0. The van der Waals surface area contributed by atoms with Crippen molar-refractivity contribution in [2.24, 2.45) is 0 Å². The van der Waals surface area contributed by atoms with Gasteiger partial charge in [-0.15, -0.1) is 0 Å². The van der Waals surface area contributed by atoms with Crippen LogP contribution in [-0.2, 0) is 6.42 Å². The summed E-state index contributed by atoms with van der Waals surface area (Å²) in [6.07, 6.45) is 3.40. The van der Waals surface area contributed by atoms with Gasteiger partial charge in [0.1, 0.15) is 0 Å². The molecule has 3 aromatic rings. The second-order valence-corrected chi connectivity index (χ2v) is 12.6. The van der Waals surface area contributed by atoms with E-state index in [-0.39, 0.29) is 0 Å². The summed E-state index contributed by atoms with van der Waals surface area (Å²) in [5.74, 6) is 0. The summed E-state index contributed by atoms with van der Waals surface area (Å²) in [7, 11) is 0. The van der Waals surface area contributed by atoms with Crippen molar-refractivity contribution in [1.29, 1.82) is 0 Å². The van der Waals surface area contributed by atoms with Crippen LogP contribution in [-0.4, -0.2) is 12.3 Å². The molecule has 0 saturated carbocycles. The maximum absolute atomic E-state index is 2.50. The van der Waals surface area contributed by atoms with Crippen molar-refractivity contribution >= 4 is 22.5 Å². The SMILES string of the molecule is CCc1ccccc1P(CC)(CC)(c1ccccc1)c1ccccc1. The summed E-state index contributed by atoms with van der Waals surface area (Å²) in [4.78, 5) is 0. The first-order chi connectivity index (χ1) is 12.2. The van der Waals surface area contributed by atoms with Gasteiger partial charge in [-0.1, -0.05) is 0 Å². The van der Waals surface area contributed by atoms with Gasteiger partial charge >= 0.3 is 153 Å². The van der Waals surface area contributed by atoms with Crippen LogP contribution >= 0.6 is 6.60 Å². The molecular weight excluding hydrogens is 319 g/mol. The van der Waals surface area contributed by atoms with E-state index < -0.39 is 6.60 Å². The van der Waals surface area contributed by atoms with E-state index in [9.17, 15) is 0 Å². The molecule has 130 valence electrons. The van der Waals surface area contributed by atoms with Crippen LogP contribution in [0.4, 0.5) is 0 Å². The third-order valence-electron chi connectivity index (χ3n) is 6.11. The first kappa shape index (κ1) is 17.9. The summed E-state index contributed by atoms with van der Waals surface area (Å²) < 4.78 is 0. The Hall–Kier alpha value is -1.91. The molecule has 3 aromatic carbocycles. The molecule has 0 heterocycles. The normalized spacial score (nSPS) is 13.2. The summed E-state index contributed by atoms with van der Waals surface area (Å²) in [6.45, 7) is 4.58. The Kier molecular flexibility index (Phi) is 5.11. The summed E-state index contributed by atoms with van der Waals surface area (Å²) in [5, 5.41) is 4.62. The van der Waals surface area contributed by atoms with Crippen LogP contribution in [0.5, 0.6) is 0 Å². The molecule has 0 nitrogen and oxygen atoms in total. The minimum atomic E-state index is -2.50. The first-order valence-electron chi connectivity index (χ1n) is 9.43. The predicted octanol–water partition coefficient (Wildman–Crippen LogP) is 5.12. The molecule has 3 rings (SSSR count). The fourth-order valence-corrected chi connectivity index (χ4v) is 11.2. The molecule has 0 radical (unpaired) electrons. The number of benzene rings is 3. The zero-order valence-electron chi connectivity index (χ0n) is 15.7. The van der Waals surface area contributed by atoms with Crippen molar-refractivity contribution in [2.75, 3.05) is 12.3 Å². The second-order valence-electron chi connectivity index (χ2n) is 6.79. The van der Waals surface area contributed by atoms with E-state index in [0.717, 1.165) is 18.7 Å². The molecule has 0 fully saturated rings. The van der Waals surface area contributed by atoms with Gasteiger partial charge in [-0.05, 0) is 0 Å². The van der Waals surface area contributed by atoms with E-state index in [1.54, 1.807) is 5.30 Å². The molecule has 0 N–H and O–H groups in total. The van der Waals surface area contributed by atoms with Crippen LogP contribution in [0.3, 0.4) is 0 Å². The molecule has 0 spiro atoms. The van der Waals surface area contributed by atoms with E-state index >= 15 is 0 Å². The Labute approximate surface area is 152 Å². The van der Waals surface area contributed by atoms with Gasteiger partial charge in [-0.2, -0.15) is 0 Å². The summed E-state index contributed by atoms with van der Waals surface area (Å²) >= 11 is 0. The van der Waals surface area contributed by atoms with E-state index in [0.29, 0.717) is 0 Å². The van der Waals surface area contributed by atoms with Gasteiger partial charge in [0.2, 0.25) is 0 Å². The second kappa shape index (κ2) is 7.14. The van der Waals surface area contributed by atoms with Crippen LogP contribution in [0.1, 0.15) is 26.3 Å². The van der Waals surface area contributed by atoms with E-state index in [1.165, 1.54) is 16.2 Å². The molecule has 1 heteroatoms. The number of hydrogen-bond acceptors (Lipinski definition) is 0. The van der Waals surface area contributed by atoms with Gasteiger partial charge in [-0.25, -0.2) is 0 Å². The molecule has 0 amide bonds. The zero-order valence-corrected chi connectivity index (χ0v) is 16.5. The third kappa shape index (κ3) is 2.55. The number of aryl methyl sites for hydroxylation is 1. The van der Waals surface area contributed by atoms with E-state index in [2.05, 4.69) is 106 Å². The van der Waals surface area contributed by atoms with Crippen molar-refractivity contribution in [3.63, 3.8) is 0 Å². The van der Waals surface area contributed by atoms with Crippen molar-refractivity contribution in [1.82, 2.24) is 0 Å². The van der Waals surface area contributed by atoms with Crippen molar-refractivity contribution in [3.05, 3.63) is 90.5 Å². The average Bonchev–Trinajstić information content (AvgIpc) is 2.72. The Balaban J connectivity index is 2.51. The monoisotopic (exact) mass is 348 g/mol. The van der Waals surface area contributed by atoms with Gasteiger partial charge in [-0.3, -0.25) is 0 Å². The Bertz CT molecular complexity index is 773. The molecule has 0 aliphatic heterocycles. The minimum absolute atomic E-state index is 1.08. The maximum atomic E-state index is 2.41. The van der Waals surface area contributed by atoms with Crippen LogP contribution < -0.4 is 15.9 Å². The van der Waals surface area contributed by atoms with Crippen molar-refractivity contribution in [3.8, 4) is 0 Å². The molecule has 0 bridgehead atoms. The van der Waals surface area contributed by atoms with Gasteiger partial charge in [0.25, 0.3) is 0 Å². The third-order valence-corrected chi connectivity index (χ3v) is 13.6. The quantitative estimate of drug-likeness (QED) is 0.543. The van der Waals surface area contributed by atoms with Crippen LogP contribution in [0.25, 0.3) is 0 Å². The fraction of sp³-hybridized carbons (Fsp3) is 0.250. The van der Waals surface area contributed by atoms with Gasteiger partial charge in [0.15, 0.2) is 0 Å². The molecule has 0 aliphatic rings. The summed E-state index contributed by atoms with van der Waals surface area (Å²) in [6, 6.07) is 31.7. The molecule has 0 aromatic heterocycles. The Morgan fingerprint density at radius 1 is 0.560 bits per heavy atom. The molecule has 0 saturated heterocycles.